The summed E-state index contributed by atoms with van der Waals surface area (Å²) >= 11 is 0. The van der Waals surface area contributed by atoms with Crippen molar-refractivity contribution in [3.63, 3.8) is 0 Å². The summed E-state index contributed by atoms with van der Waals surface area (Å²) in [6.07, 6.45) is 5.35. The summed E-state index contributed by atoms with van der Waals surface area (Å²) in [6, 6.07) is 0.638. The fourth-order valence-electron chi connectivity index (χ4n) is 1.61. The van der Waals surface area contributed by atoms with Crippen LogP contribution >= 0.6 is 0 Å². The molecule has 1 heterocycles. The maximum absolute atomic E-state index is 10.8. The number of piperidine rings is 1. The van der Waals surface area contributed by atoms with Gasteiger partial charge in [0.2, 0.25) is 0 Å². The number of hydrogen-bond acceptors (Lipinski definition) is 3. The zero-order valence-corrected chi connectivity index (χ0v) is 9.16. The predicted molar refractivity (Wildman–Crippen MR) is 57.4 cm³/mol. The van der Waals surface area contributed by atoms with Gasteiger partial charge in [0.1, 0.15) is 0 Å². The highest BCUT2D eigenvalue weighted by atomic mass is 32.2. The maximum atomic E-state index is 10.8. The molecule has 78 valence electrons. The summed E-state index contributed by atoms with van der Waals surface area (Å²) in [5, 5.41) is 6.84. The molecule has 0 spiro atoms. The van der Waals surface area contributed by atoms with E-state index in [1.807, 2.05) is 0 Å². The molecule has 0 amide bonds. The van der Waals surface area contributed by atoms with Gasteiger partial charge >= 0.3 is 0 Å². The topological polar surface area (TPSA) is 41.1 Å². The molecule has 2 unspecified atom stereocenters. The Morgan fingerprint density at radius 3 is 3.08 bits per heavy atom. The molecular formula is C9H20N2OS. The molecule has 0 aromatic carbocycles. The van der Waals surface area contributed by atoms with Crippen molar-refractivity contribution >= 4 is 10.8 Å². The molecule has 0 aromatic heterocycles. The van der Waals surface area contributed by atoms with Crippen LogP contribution in [0.2, 0.25) is 0 Å². The van der Waals surface area contributed by atoms with Gasteiger partial charge in [0.25, 0.3) is 0 Å². The molecule has 3 nitrogen and oxygen atoms in total. The minimum absolute atomic E-state index is 0.628. The van der Waals surface area contributed by atoms with Crippen LogP contribution < -0.4 is 10.6 Å². The summed E-state index contributed by atoms with van der Waals surface area (Å²) in [6.45, 7) is 3.26. The Kier molecular flexibility index (Phi) is 5.58. The second kappa shape index (κ2) is 6.51. The second-order valence-corrected chi connectivity index (χ2v) is 5.18. The minimum Gasteiger partial charge on any atom is -0.315 e. The van der Waals surface area contributed by atoms with E-state index in [2.05, 4.69) is 10.6 Å². The van der Waals surface area contributed by atoms with Gasteiger partial charge in [-0.2, -0.15) is 0 Å². The third-order valence-corrected chi connectivity index (χ3v) is 3.20. The normalized spacial score (nSPS) is 25.8. The molecule has 1 saturated heterocycles. The van der Waals surface area contributed by atoms with Gasteiger partial charge in [0, 0.05) is 35.4 Å². The first kappa shape index (κ1) is 11.1. The highest BCUT2D eigenvalue weighted by Gasteiger charge is 2.10. The van der Waals surface area contributed by atoms with E-state index in [9.17, 15) is 4.21 Å². The van der Waals surface area contributed by atoms with Crippen molar-refractivity contribution < 1.29 is 4.21 Å². The highest BCUT2D eigenvalue weighted by Crippen LogP contribution is 2.00. The standard InChI is InChI=1S/C9H20N2OS/c1-13(12)7-3-6-11-9-4-2-5-10-8-9/h9-11H,2-8H2,1H3. The number of rotatable bonds is 5. The van der Waals surface area contributed by atoms with Gasteiger partial charge in [-0.15, -0.1) is 0 Å². The molecule has 2 N–H and O–H groups in total. The van der Waals surface area contributed by atoms with E-state index in [1.54, 1.807) is 6.26 Å². The molecule has 2 atom stereocenters. The monoisotopic (exact) mass is 204 g/mol. The summed E-state index contributed by atoms with van der Waals surface area (Å²) in [5.41, 5.74) is 0. The molecule has 13 heavy (non-hydrogen) atoms. The van der Waals surface area contributed by atoms with Gasteiger partial charge in [-0.25, -0.2) is 0 Å². The third kappa shape index (κ3) is 5.39. The van der Waals surface area contributed by atoms with Crippen LogP contribution in [0, 0.1) is 0 Å². The molecule has 0 saturated carbocycles. The van der Waals surface area contributed by atoms with Gasteiger partial charge < -0.3 is 10.6 Å². The van der Waals surface area contributed by atoms with Crippen LogP contribution in [-0.4, -0.2) is 41.9 Å². The van der Waals surface area contributed by atoms with Crippen LogP contribution in [0.25, 0.3) is 0 Å². The lowest BCUT2D eigenvalue weighted by molar-refractivity contribution is 0.391. The largest absolute Gasteiger partial charge is 0.315 e. The first-order valence-electron chi connectivity index (χ1n) is 5.03. The molecule has 0 aliphatic carbocycles. The van der Waals surface area contributed by atoms with Gasteiger partial charge in [0.15, 0.2) is 0 Å². The fourth-order valence-corrected chi connectivity index (χ4v) is 2.16. The lowest BCUT2D eigenvalue weighted by atomic mass is 10.1. The zero-order chi connectivity index (χ0) is 9.52. The molecule has 1 aliphatic heterocycles. The Labute approximate surface area is 83.1 Å². The van der Waals surface area contributed by atoms with Gasteiger partial charge in [-0.3, -0.25) is 4.21 Å². The van der Waals surface area contributed by atoms with E-state index in [1.165, 1.54) is 12.8 Å². The summed E-state index contributed by atoms with van der Waals surface area (Å²) in [7, 11) is -0.628. The van der Waals surface area contributed by atoms with Crippen LogP contribution in [0.5, 0.6) is 0 Å². The van der Waals surface area contributed by atoms with Crippen LogP contribution in [0.15, 0.2) is 0 Å². The van der Waals surface area contributed by atoms with Crippen LogP contribution in [0.4, 0.5) is 0 Å². The van der Waals surface area contributed by atoms with Crippen molar-refractivity contribution in [2.45, 2.75) is 25.3 Å². The molecule has 0 radical (unpaired) electrons. The van der Waals surface area contributed by atoms with E-state index >= 15 is 0 Å². The second-order valence-electron chi connectivity index (χ2n) is 3.63. The lowest BCUT2D eigenvalue weighted by Crippen LogP contribution is -2.43. The van der Waals surface area contributed by atoms with Crippen molar-refractivity contribution in [1.29, 1.82) is 0 Å². The van der Waals surface area contributed by atoms with E-state index in [-0.39, 0.29) is 0 Å². The molecule has 1 rings (SSSR count). The molecule has 0 aromatic rings. The first-order valence-corrected chi connectivity index (χ1v) is 6.76. The molecular weight excluding hydrogens is 184 g/mol. The number of hydrogen-bond donors (Lipinski definition) is 2. The first-order chi connectivity index (χ1) is 6.29. The van der Waals surface area contributed by atoms with Crippen molar-refractivity contribution in [3.05, 3.63) is 0 Å². The minimum atomic E-state index is -0.628. The third-order valence-electron chi connectivity index (χ3n) is 2.34. The zero-order valence-electron chi connectivity index (χ0n) is 8.34. The fraction of sp³-hybridized carbons (Fsp3) is 1.00. The quantitative estimate of drug-likeness (QED) is 0.624. The van der Waals surface area contributed by atoms with Gasteiger partial charge in [-0.05, 0) is 32.4 Å². The van der Waals surface area contributed by atoms with Gasteiger partial charge in [0.05, 0.1) is 0 Å². The number of nitrogens with one attached hydrogen (secondary N) is 2. The Morgan fingerprint density at radius 2 is 2.46 bits per heavy atom. The molecule has 0 bridgehead atoms. The average molecular weight is 204 g/mol. The summed E-state index contributed by atoms with van der Waals surface area (Å²) in [5.74, 6) is 0.827. The van der Waals surface area contributed by atoms with E-state index in [0.717, 1.165) is 31.8 Å². The summed E-state index contributed by atoms with van der Waals surface area (Å²) in [4.78, 5) is 0. The Hall–Kier alpha value is 0.0700. The predicted octanol–water partition coefficient (Wildman–Crippen LogP) is 0.0966. The molecule has 1 fully saturated rings. The van der Waals surface area contributed by atoms with E-state index in [0.29, 0.717) is 6.04 Å². The van der Waals surface area contributed by atoms with Crippen molar-refractivity contribution in [2.75, 3.05) is 31.6 Å². The van der Waals surface area contributed by atoms with E-state index in [4.69, 9.17) is 0 Å². The van der Waals surface area contributed by atoms with Crippen LogP contribution in [-0.2, 0) is 10.8 Å². The van der Waals surface area contributed by atoms with Crippen molar-refractivity contribution in [1.82, 2.24) is 10.6 Å². The van der Waals surface area contributed by atoms with Crippen LogP contribution in [0.3, 0.4) is 0 Å². The highest BCUT2D eigenvalue weighted by molar-refractivity contribution is 7.84. The Balaban J connectivity index is 1.95. The lowest BCUT2D eigenvalue weighted by Gasteiger charge is -2.23. The van der Waals surface area contributed by atoms with E-state index < -0.39 is 10.8 Å². The maximum Gasteiger partial charge on any atom is 0.0244 e. The average Bonchev–Trinajstić information content (AvgIpc) is 2.14. The van der Waals surface area contributed by atoms with Crippen molar-refractivity contribution in [2.24, 2.45) is 0 Å². The van der Waals surface area contributed by atoms with Crippen molar-refractivity contribution in [3.8, 4) is 0 Å². The SMILES string of the molecule is CS(=O)CCCNC1CCCNC1. The Morgan fingerprint density at radius 1 is 1.62 bits per heavy atom. The van der Waals surface area contributed by atoms with Gasteiger partial charge in [-0.1, -0.05) is 0 Å². The smallest absolute Gasteiger partial charge is 0.0244 e. The molecule has 1 aliphatic rings. The van der Waals surface area contributed by atoms with Crippen LogP contribution in [0.1, 0.15) is 19.3 Å². The molecule has 4 heteroatoms. The summed E-state index contributed by atoms with van der Waals surface area (Å²) < 4.78 is 10.8. The Bertz CT molecular complexity index is 158.